The maximum Gasteiger partial charge on any atom is 0.274 e. The van der Waals surface area contributed by atoms with Crippen molar-refractivity contribution in [2.24, 2.45) is 0 Å². The Kier molecular flexibility index (Phi) is 5.06. The van der Waals surface area contributed by atoms with E-state index in [1.165, 1.54) is 17.5 Å². The molecule has 0 spiro atoms. The summed E-state index contributed by atoms with van der Waals surface area (Å²) in [6, 6.07) is 7.87. The molecule has 1 aliphatic rings. The highest BCUT2D eigenvalue weighted by Gasteiger charge is 2.25. The number of aromatic nitrogens is 5. The first-order valence-electron chi connectivity index (χ1n) is 9.60. The van der Waals surface area contributed by atoms with Crippen molar-refractivity contribution in [1.29, 1.82) is 0 Å². The zero-order valence-electron chi connectivity index (χ0n) is 15.9. The van der Waals surface area contributed by atoms with Gasteiger partial charge in [-0.1, -0.05) is 35.1 Å². The fraction of sp³-hybridized carbons (Fsp3) is 0.250. The lowest BCUT2D eigenvalue weighted by Crippen LogP contribution is -2.42. The van der Waals surface area contributed by atoms with Gasteiger partial charge in [-0.15, -0.1) is 5.10 Å². The molecule has 3 aromatic heterocycles. The van der Waals surface area contributed by atoms with Crippen molar-refractivity contribution in [3.05, 3.63) is 59.8 Å². The summed E-state index contributed by atoms with van der Waals surface area (Å²) in [6.45, 7) is 1.35. The molecule has 0 bridgehead atoms. The van der Waals surface area contributed by atoms with E-state index in [1.807, 2.05) is 35.4 Å². The van der Waals surface area contributed by atoms with Crippen molar-refractivity contribution < 1.29 is 4.79 Å². The molecule has 0 unspecified atom stereocenters. The third-order valence-electron chi connectivity index (χ3n) is 5.08. The van der Waals surface area contributed by atoms with Crippen LogP contribution in [0.1, 0.15) is 23.3 Å². The minimum atomic E-state index is -0.0657. The molecule has 4 heterocycles. The maximum atomic E-state index is 12.5. The van der Waals surface area contributed by atoms with Gasteiger partial charge in [0.15, 0.2) is 0 Å². The zero-order chi connectivity index (χ0) is 20.5. The number of nitrogens with zero attached hydrogens (tertiary/aromatic N) is 6. The SMILES string of the molecule is O=C(c1cnccn1)N1CCC(Nc2nn3cc(-c4ccc(Cl)cc4)nc3s2)CC1. The Bertz CT molecular complexity index is 1140. The van der Waals surface area contributed by atoms with Gasteiger partial charge in [-0.3, -0.25) is 9.78 Å². The van der Waals surface area contributed by atoms with Gasteiger partial charge in [0.1, 0.15) is 5.69 Å². The van der Waals surface area contributed by atoms with Gasteiger partial charge in [0.2, 0.25) is 10.1 Å². The Balaban J connectivity index is 1.21. The minimum Gasteiger partial charge on any atom is -0.357 e. The van der Waals surface area contributed by atoms with Gasteiger partial charge < -0.3 is 10.2 Å². The molecule has 30 heavy (non-hydrogen) atoms. The molecule has 10 heteroatoms. The van der Waals surface area contributed by atoms with Crippen LogP contribution in [0.4, 0.5) is 5.13 Å². The van der Waals surface area contributed by atoms with E-state index in [4.69, 9.17) is 11.6 Å². The normalized spacial score (nSPS) is 14.9. The van der Waals surface area contributed by atoms with Crippen molar-refractivity contribution in [3.63, 3.8) is 0 Å². The van der Waals surface area contributed by atoms with Gasteiger partial charge in [-0.25, -0.2) is 14.5 Å². The Labute approximate surface area is 181 Å². The lowest BCUT2D eigenvalue weighted by molar-refractivity contribution is 0.0712. The summed E-state index contributed by atoms with van der Waals surface area (Å²) in [4.78, 5) is 27.9. The summed E-state index contributed by atoms with van der Waals surface area (Å²) in [7, 11) is 0. The first-order valence-corrected chi connectivity index (χ1v) is 10.8. The van der Waals surface area contributed by atoms with Crippen molar-refractivity contribution in [3.8, 4) is 11.3 Å². The molecule has 1 aromatic carbocycles. The highest BCUT2D eigenvalue weighted by atomic mass is 35.5. The fourth-order valence-electron chi connectivity index (χ4n) is 3.49. The molecule has 1 aliphatic heterocycles. The van der Waals surface area contributed by atoms with Gasteiger partial charge in [-0.2, -0.15) is 0 Å². The number of carbonyl (C=O) groups is 1. The van der Waals surface area contributed by atoms with Crippen molar-refractivity contribution in [2.75, 3.05) is 18.4 Å². The van der Waals surface area contributed by atoms with Crippen LogP contribution in [-0.4, -0.2) is 54.5 Å². The number of nitrogens with one attached hydrogen (secondary N) is 1. The van der Waals surface area contributed by atoms with E-state index in [9.17, 15) is 4.79 Å². The molecular weight excluding hydrogens is 422 g/mol. The van der Waals surface area contributed by atoms with E-state index < -0.39 is 0 Å². The second-order valence-electron chi connectivity index (χ2n) is 7.07. The number of imidazole rings is 1. The lowest BCUT2D eigenvalue weighted by Gasteiger charge is -2.31. The molecule has 0 atom stereocenters. The smallest absolute Gasteiger partial charge is 0.274 e. The predicted octanol–water partition coefficient (Wildman–Crippen LogP) is 3.62. The number of carbonyl (C=O) groups excluding carboxylic acids is 1. The van der Waals surface area contributed by atoms with E-state index in [0.29, 0.717) is 23.8 Å². The summed E-state index contributed by atoms with van der Waals surface area (Å²) in [5.74, 6) is -0.0657. The van der Waals surface area contributed by atoms with Crippen LogP contribution < -0.4 is 5.32 Å². The average Bonchev–Trinajstić information content (AvgIpc) is 3.34. The molecule has 1 amide bonds. The van der Waals surface area contributed by atoms with Crippen LogP contribution in [-0.2, 0) is 0 Å². The fourth-order valence-corrected chi connectivity index (χ4v) is 4.48. The quantitative estimate of drug-likeness (QED) is 0.522. The largest absolute Gasteiger partial charge is 0.357 e. The third kappa shape index (κ3) is 3.86. The molecule has 5 rings (SSSR count). The second kappa shape index (κ2) is 8.00. The first-order chi connectivity index (χ1) is 14.7. The summed E-state index contributed by atoms with van der Waals surface area (Å²) in [6.07, 6.45) is 8.24. The van der Waals surface area contributed by atoms with Gasteiger partial charge >= 0.3 is 0 Å². The van der Waals surface area contributed by atoms with Crippen LogP contribution in [0.15, 0.2) is 49.1 Å². The van der Waals surface area contributed by atoms with E-state index in [0.717, 1.165) is 34.2 Å². The maximum absolute atomic E-state index is 12.5. The molecule has 152 valence electrons. The average molecular weight is 440 g/mol. The number of hydrogen-bond acceptors (Lipinski definition) is 7. The van der Waals surface area contributed by atoms with Crippen molar-refractivity contribution in [1.82, 2.24) is 29.5 Å². The number of rotatable bonds is 4. The summed E-state index contributed by atoms with van der Waals surface area (Å²) >= 11 is 7.47. The summed E-state index contributed by atoms with van der Waals surface area (Å²) in [5.41, 5.74) is 2.26. The Hall–Kier alpha value is -3.04. The molecule has 8 nitrogen and oxygen atoms in total. The Morgan fingerprint density at radius 1 is 1.17 bits per heavy atom. The Morgan fingerprint density at radius 3 is 2.67 bits per heavy atom. The lowest BCUT2D eigenvalue weighted by atomic mass is 10.1. The van der Waals surface area contributed by atoms with Gasteiger partial charge in [0, 0.05) is 42.1 Å². The minimum absolute atomic E-state index is 0.0657. The van der Waals surface area contributed by atoms with Gasteiger partial charge in [-0.05, 0) is 25.0 Å². The van der Waals surface area contributed by atoms with Crippen LogP contribution in [0.25, 0.3) is 16.2 Å². The first kappa shape index (κ1) is 19.0. The number of halogens is 1. The standard InChI is InChI=1S/C20H18ClN7OS/c21-14-3-1-13(2-4-14)17-12-28-20(25-17)30-19(26-28)24-15-5-9-27(10-6-15)18(29)16-11-22-7-8-23-16/h1-4,7-8,11-12,15H,5-6,9-10H2,(H,24,26). The number of benzene rings is 1. The number of fused-ring (bicyclic) bond motifs is 1. The molecule has 1 fully saturated rings. The van der Waals surface area contributed by atoms with Gasteiger partial charge in [0.05, 0.1) is 18.1 Å². The molecule has 0 radical (unpaired) electrons. The summed E-state index contributed by atoms with van der Waals surface area (Å²) < 4.78 is 1.80. The van der Waals surface area contributed by atoms with Crippen molar-refractivity contribution in [2.45, 2.75) is 18.9 Å². The van der Waals surface area contributed by atoms with E-state index in [2.05, 4.69) is 25.4 Å². The van der Waals surface area contributed by atoms with Crippen LogP contribution >= 0.6 is 22.9 Å². The molecule has 0 aliphatic carbocycles. The molecular formula is C20H18ClN7OS. The van der Waals surface area contributed by atoms with Crippen LogP contribution in [0.2, 0.25) is 5.02 Å². The van der Waals surface area contributed by atoms with E-state index >= 15 is 0 Å². The number of hydrogen-bond donors (Lipinski definition) is 1. The highest BCUT2D eigenvalue weighted by molar-refractivity contribution is 7.20. The molecule has 1 saturated heterocycles. The second-order valence-corrected chi connectivity index (χ2v) is 8.46. The third-order valence-corrected chi connectivity index (χ3v) is 6.18. The number of likely N-dealkylation sites (tertiary alicyclic amines) is 1. The predicted molar refractivity (Wildman–Crippen MR) is 116 cm³/mol. The topological polar surface area (TPSA) is 88.3 Å². The van der Waals surface area contributed by atoms with Gasteiger partial charge in [0.25, 0.3) is 5.91 Å². The monoisotopic (exact) mass is 439 g/mol. The molecule has 1 N–H and O–H groups in total. The van der Waals surface area contributed by atoms with E-state index in [-0.39, 0.29) is 11.9 Å². The zero-order valence-corrected chi connectivity index (χ0v) is 17.5. The number of anilines is 1. The number of amides is 1. The van der Waals surface area contributed by atoms with Crippen LogP contribution in [0, 0.1) is 0 Å². The molecule has 0 saturated carbocycles. The Morgan fingerprint density at radius 2 is 1.97 bits per heavy atom. The molecule has 4 aromatic rings. The van der Waals surface area contributed by atoms with Crippen LogP contribution in [0.3, 0.4) is 0 Å². The summed E-state index contributed by atoms with van der Waals surface area (Å²) in [5, 5.41) is 9.63. The van der Waals surface area contributed by atoms with E-state index in [1.54, 1.807) is 16.9 Å². The van der Waals surface area contributed by atoms with Crippen LogP contribution in [0.5, 0.6) is 0 Å². The highest BCUT2D eigenvalue weighted by Crippen LogP contribution is 2.27. The van der Waals surface area contributed by atoms with Crippen molar-refractivity contribution >= 4 is 38.9 Å². The number of piperidine rings is 1.